The van der Waals surface area contributed by atoms with Gasteiger partial charge in [0.2, 0.25) is 10.1 Å². The van der Waals surface area contributed by atoms with Gasteiger partial charge in [0.1, 0.15) is 0 Å². The molecule has 4 rings (SSSR count). The molecule has 0 saturated heterocycles. The molecule has 0 fully saturated rings. The van der Waals surface area contributed by atoms with Gasteiger partial charge in [-0.3, -0.25) is 9.59 Å². The first-order valence-electron chi connectivity index (χ1n) is 9.04. The van der Waals surface area contributed by atoms with Gasteiger partial charge in [-0.05, 0) is 23.8 Å². The molecular formula is C20H19N5O3S. The van der Waals surface area contributed by atoms with E-state index in [2.05, 4.69) is 20.7 Å². The predicted octanol–water partition coefficient (Wildman–Crippen LogP) is 2.29. The number of methoxy groups -OCH3 is 1. The van der Waals surface area contributed by atoms with Crippen molar-refractivity contribution in [3.8, 4) is 0 Å². The highest BCUT2D eigenvalue weighted by Crippen LogP contribution is 2.20. The summed E-state index contributed by atoms with van der Waals surface area (Å²) in [6, 6.07) is 14.8. The van der Waals surface area contributed by atoms with Crippen LogP contribution in [0.4, 0.5) is 5.13 Å². The number of nitrogens with zero attached hydrogens (tertiary/aromatic N) is 3. The van der Waals surface area contributed by atoms with Crippen molar-refractivity contribution in [2.24, 2.45) is 0 Å². The summed E-state index contributed by atoms with van der Waals surface area (Å²) in [4.78, 5) is 30.0. The number of carbonyl (C=O) groups is 1. The fourth-order valence-electron chi connectivity index (χ4n) is 2.86. The number of amides is 1. The molecule has 0 unspecified atom stereocenters. The van der Waals surface area contributed by atoms with E-state index in [0.29, 0.717) is 46.3 Å². The largest absolute Gasteiger partial charge is 0.383 e. The van der Waals surface area contributed by atoms with Crippen LogP contribution in [0.2, 0.25) is 0 Å². The lowest BCUT2D eigenvalue weighted by atomic mass is 10.1. The molecule has 0 atom stereocenters. The molecule has 4 aromatic rings. The summed E-state index contributed by atoms with van der Waals surface area (Å²) in [6.45, 7) is 1.44. The zero-order chi connectivity index (χ0) is 20.2. The van der Waals surface area contributed by atoms with Crippen LogP contribution in [0.15, 0.2) is 53.3 Å². The van der Waals surface area contributed by atoms with Crippen LogP contribution in [-0.2, 0) is 11.3 Å². The van der Waals surface area contributed by atoms with Gasteiger partial charge < -0.3 is 15.4 Å². The molecule has 0 saturated carbocycles. The van der Waals surface area contributed by atoms with Crippen LogP contribution in [-0.4, -0.2) is 40.8 Å². The molecule has 2 N–H and O–H groups in total. The van der Waals surface area contributed by atoms with Gasteiger partial charge in [-0.25, -0.2) is 4.98 Å². The van der Waals surface area contributed by atoms with Crippen molar-refractivity contribution in [1.29, 1.82) is 0 Å². The van der Waals surface area contributed by atoms with E-state index >= 15 is 0 Å². The highest BCUT2D eigenvalue weighted by molar-refractivity contribution is 7.20. The number of aromatic nitrogens is 3. The van der Waals surface area contributed by atoms with Crippen LogP contribution in [0.25, 0.3) is 15.9 Å². The first kappa shape index (κ1) is 19.0. The Labute approximate surface area is 170 Å². The van der Waals surface area contributed by atoms with E-state index in [0.717, 1.165) is 5.56 Å². The number of carbonyl (C=O) groups excluding carboxylic acids is 1. The zero-order valence-corrected chi connectivity index (χ0v) is 16.5. The third-order valence-electron chi connectivity index (χ3n) is 4.34. The molecule has 0 spiro atoms. The summed E-state index contributed by atoms with van der Waals surface area (Å²) < 4.78 is 6.22. The Hall–Kier alpha value is -3.30. The number of anilines is 1. The number of ether oxygens (including phenoxy) is 1. The molecule has 1 amide bonds. The van der Waals surface area contributed by atoms with Gasteiger partial charge in [0.25, 0.3) is 11.5 Å². The minimum absolute atomic E-state index is 0.236. The lowest BCUT2D eigenvalue weighted by Gasteiger charge is -2.05. The highest BCUT2D eigenvalue weighted by atomic mass is 32.1. The van der Waals surface area contributed by atoms with Crippen molar-refractivity contribution in [3.05, 3.63) is 70.0 Å². The first-order chi connectivity index (χ1) is 14.2. The topological polar surface area (TPSA) is 97.6 Å². The third-order valence-corrected chi connectivity index (χ3v) is 5.20. The van der Waals surface area contributed by atoms with Crippen molar-refractivity contribution >= 4 is 38.2 Å². The Bertz CT molecular complexity index is 1220. The van der Waals surface area contributed by atoms with Crippen LogP contribution in [0.3, 0.4) is 0 Å². The van der Waals surface area contributed by atoms with Gasteiger partial charge in [0.05, 0.1) is 17.5 Å². The Kier molecular flexibility index (Phi) is 5.50. The molecule has 2 aromatic heterocycles. The molecule has 148 valence electrons. The zero-order valence-electron chi connectivity index (χ0n) is 15.7. The van der Waals surface area contributed by atoms with Gasteiger partial charge >= 0.3 is 0 Å². The molecule has 9 heteroatoms. The van der Waals surface area contributed by atoms with Crippen molar-refractivity contribution in [3.63, 3.8) is 0 Å². The minimum Gasteiger partial charge on any atom is -0.383 e. The van der Waals surface area contributed by atoms with Crippen LogP contribution in [0.1, 0.15) is 15.9 Å². The van der Waals surface area contributed by atoms with Gasteiger partial charge in [0, 0.05) is 25.8 Å². The average molecular weight is 409 g/mol. The average Bonchev–Trinajstić information content (AvgIpc) is 3.16. The molecular weight excluding hydrogens is 390 g/mol. The molecule has 0 aliphatic heterocycles. The second kappa shape index (κ2) is 8.38. The molecule has 29 heavy (non-hydrogen) atoms. The SMILES string of the molecule is COCCNC(=O)c1ccc2c(=O)n3nc(NCc4ccccc4)sc3nc2c1. The molecule has 2 aromatic carbocycles. The van der Waals surface area contributed by atoms with E-state index in [1.165, 1.54) is 15.9 Å². The number of benzene rings is 2. The fourth-order valence-corrected chi connectivity index (χ4v) is 3.66. The van der Waals surface area contributed by atoms with Gasteiger partial charge in [0.15, 0.2) is 0 Å². The Morgan fingerprint density at radius 2 is 2.03 bits per heavy atom. The smallest absolute Gasteiger partial charge is 0.283 e. The maximum Gasteiger partial charge on any atom is 0.283 e. The number of nitrogens with one attached hydrogen (secondary N) is 2. The summed E-state index contributed by atoms with van der Waals surface area (Å²) in [5.74, 6) is -0.236. The Morgan fingerprint density at radius 3 is 2.83 bits per heavy atom. The van der Waals surface area contributed by atoms with Gasteiger partial charge in [-0.2, -0.15) is 4.52 Å². The summed E-state index contributed by atoms with van der Waals surface area (Å²) in [5.41, 5.74) is 1.76. The lowest BCUT2D eigenvalue weighted by molar-refractivity contribution is 0.0937. The predicted molar refractivity (Wildman–Crippen MR) is 113 cm³/mol. The van der Waals surface area contributed by atoms with Crippen molar-refractivity contribution in [2.75, 3.05) is 25.6 Å². The molecule has 0 aliphatic rings. The van der Waals surface area contributed by atoms with Crippen molar-refractivity contribution in [1.82, 2.24) is 19.9 Å². The van der Waals surface area contributed by atoms with E-state index in [4.69, 9.17) is 4.74 Å². The van der Waals surface area contributed by atoms with E-state index < -0.39 is 0 Å². The molecule has 0 bridgehead atoms. The third kappa shape index (κ3) is 4.10. The first-order valence-corrected chi connectivity index (χ1v) is 9.86. The van der Waals surface area contributed by atoms with Gasteiger partial charge in [-0.15, -0.1) is 5.10 Å². The van der Waals surface area contributed by atoms with E-state index in [-0.39, 0.29) is 11.5 Å². The highest BCUT2D eigenvalue weighted by Gasteiger charge is 2.13. The van der Waals surface area contributed by atoms with Crippen molar-refractivity contribution in [2.45, 2.75) is 6.54 Å². The summed E-state index contributed by atoms with van der Waals surface area (Å²) >= 11 is 1.29. The molecule has 0 radical (unpaired) electrons. The lowest BCUT2D eigenvalue weighted by Crippen LogP contribution is -2.27. The minimum atomic E-state index is -0.264. The number of rotatable bonds is 7. The second-order valence-corrected chi connectivity index (χ2v) is 7.29. The van der Waals surface area contributed by atoms with Gasteiger partial charge in [-0.1, -0.05) is 41.7 Å². The second-order valence-electron chi connectivity index (χ2n) is 6.34. The quantitative estimate of drug-likeness (QED) is 0.455. The Morgan fingerprint density at radius 1 is 1.21 bits per heavy atom. The maximum absolute atomic E-state index is 12.8. The number of hydrogen-bond donors (Lipinski definition) is 2. The molecule has 8 nitrogen and oxygen atoms in total. The molecule has 0 aliphatic carbocycles. The summed E-state index contributed by atoms with van der Waals surface area (Å²) in [7, 11) is 1.57. The van der Waals surface area contributed by atoms with Crippen molar-refractivity contribution < 1.29 is 9.53 Å². The monoisotopic (exact) mass is 409 g/mol. The standard InChI is InChI=1S/C20H19N5O3S/c1-28-10-9-21-17(26)14-7-8-15-16(11-14)23-20-25(18(15)27)24-19(29-20)22-12-13-5-3-2-4-6-13/h2-8,11H,9-10,12H2,1H3,(H,21,26)(H,22,24). The van der Waals surface area contributed by atoms with Crippen LogP contribution in [0, 0.1) is 0 Å². The van der Waals surface area contributed by atoms with Crippen LogP contribution >= 0.6 is 11.3 Å². The molecule has 2 heterocycles. The summed E-state index contributed by atoms with van der Waals surface area (Å²) in [6.07, 6.45) is 0. The number of fused-ring (bicyclic) bond motifs is 2. The Balaban J connectivity index is 1.62. The van der Waals surface area contributed by atoms with E-state index in [1.54, 1.807) is 25.3 Å². The van der Waals surface area contributed by atoms with E-state index in [1.807, 2.05) is 30.3 Å². The maximum atomic E-state index is 12.8. The summed E-state index contributed by atoms with van der Waals surface area (Å²) in [5, 5.41) is 11.3. The van der Waals surface area contributed by atoms with E-state index in [9.17, 15) is 9.59 Å². The van der Waals surface area contributed by atoms with Crippen LogP contribution < -0.4 is 16.2 Å². The normalized spacial score (nSPS) is 11.1. The number of hydrogen-bond acceptors (Lipinski definition) is 7. The van der Waals surface area contributed by atoms with Crippen LogP contribution in [0.5, 0.6) is 0 Å². The fraction of sp³-hybridized carbons (Fsp3) is 0.200.